The van der Waals surface area contributed by atoms with Crippen molar-refractivity contribution in [1.29, 1.82) is 0 Å². The molecule has 0 spiro atoms. The number of benzene rings is 1. The van der Waals surface area contributed by atoms with Gasteiger partial charge >= 0.3 is 0 Å². The van der Waals surface area contributed by atoms with Crippen LogP contribution < -0.4 is 5.32 Å². The molecule has 0 aliphatic carbocycles. The van der Waals surface area contributed by atoms with Crippen LogP contribution in [0.5, 0.6) is 0 Å². The second kappa shape index (κ2) is 7.87. The molecule has 1 aromatic carbocycles. The monoisotopic (exact) mass is 316 g/mol. The van der Waals surface area contributed by atoms with Gasteiger partial charge in [-0.1, -0.05) is 41.9 Å². The van der Waals surface area contributed by atoms with Gasteiger partial charge in [0.25, 0.3) is 0 Å². The molecule has 1 aromatic heterocycles. The van der Waals surface area contributed by atoms with Crippen molar-refractivity contribution in [2.75, 3.05) is 13.1 Å². The molecule has 0 radical (unpaired) electrons. The van der Waals surface area contributed by atoms with E-state index in [-0.39, 0.29) is 11.9 Å². The van der Waals surface area contributed by atoms with Crippen molar-refractivity contribution in [2.45, 2.75) is 40.3 Å². The summed E-state index contributed by atoms with van der Waals surface area (Å²) in [7, 11) is 0. The summed E-state index contributed by atoms with van der Waals surface area (Å²) in [5.74, 6) is 1.12. The van der Waals surface area contributed by atoms with Gasteiger partial charge in [-0.3, -0.25) is 9.69 Å². The molecular formula is C17H24N4O2. The number of carbonyl (C=O) groups excluding carboxylic acids is 1. The topological polar surface area (TPSA) is 71.3 Å². The molecule has 1 amide bonds. The van der Waals surface area contributed by atoms with Gasteiger partial charge in [-0.2, -0.15) is 4.98 Å². The van der Waals surface area contributed by atoms with Crippen LogP contribution in [0.15, 0.2) is 28.8 Å². The molecule has 0 saturated carbocycles. The Hall–Kier alpha value is -2.21. The highest BCUT2D eigenvalue weighted by Crippen LogP contribution is 2.13. The number of amides is 1. The van der Waals surface area contributed by atoms with Crippen molar-refractivity contribution in [3.63, 3.8) is 0 Å². The van der Waals surface area contributed by atoms with Crippen LogP contribution in [-0.4, -0.2) is 34.0 Å². The molecule has 6 heteroatoms. The number of carbonyl (C=O) groups is 1. The fraction of sp³-hybridized carbons (Fsp3) is 0.471. The predicted octanol–water partition coefficient (Wildman–Crippen LogP) is 2.39. The Morgan fingerprint density at radius 2 is 2.00 bits per heavy atom. The van der Waals surface area contributed by atoms with E-state index >= 15 is 0 Å². The Bertz CT molecular complexity index is 636. The van der Waals surface area contributed by atoms with Crippen LogP contribution in [-0.2, 0) is 11.3 Å². The summed E-state index contributed by atoms with van der Waals surface area (Å²) in [6.07, 6.45) is 0. The van der Waals surface area contributed by atoms with Crippen molar-refractivity contribution >= 4 is 5.91 Å². The number of hydrogen-bond donors (Lipinski definition) is 1. The highest BCUT2D eigenvalue weighted by Gasteiger charge is 2.15. The molecular weight excluding hydrogens is 292 g/mol. The lowest BCUT2D eigenvalue weighted by Crippen LogP contribution is -2.38. The number of nitrogens with zero attached hydrogens (tertiary/aromatic N) is 3. The van der Waals surface area contributed by atoms with Gasteiger partial charge < -0.3 is 9.84 Å². The van der Waals surface area contributed by atoms with Crippen molar-refractivity contribution in [3.05, 3.63) is 47.1 Å². The third-order valence-electron chi connectivity index (χ3n) is 3.70. The second-order valence-corrected chi connectivity index (χ2v) is 5.73. The molecule has 1 N–H and O–H groups in total. The number of aryl methyl sites for hydroxylation is 2. The maximum Gasteiger partial charge on any atom is 0.234 e. The molecule has 124 valence electrons. The van der Waals surface area contributed by atoms with Crippen LogP contribution in [0.1, 0.15) is 42.7 Å². The summed E-state index contributed by atoms with van der Waals surface area (Å²) >= 11 is 0. The molecule has 23 heavy (non-hydrogen) atoms. The Morgan fingerprint density at radius 1 is 1.30 bits per heavy atom. The van der Waals surface area contributed by atoms with Gasteiger partial charge in [0, 0.05) is 6.92 Å². The van der Waals surface area contributed by atoms with E-state index < -0.39 is 0 Å². The van der Waals surface area contributed by atoms with Gasteiger partial charge in [-0.05, 0) is 26.0 Å². The van der Waals surface area contributed by atoms with Gasteiger partial charge in [0.2, 0.25) is 11.8 Å². The third-order valence-corrected chi connectivity index (χ3v) is 3.70. The van der Waals surface area contributed by atoms with Crippen molar-refractivity contribution in [3.8, 4) is 0 Å². The number of likely N-dealkylation sites (N-methyl/N-ethyl adjacent to an activating group) is 1. The first-order chi connectivity index (χ1) is 11.0. The average Bonchev–Trinajstić information content (AvgIpc) is 2.92. The average molecular weight is 316 g/mol. The van der Waals surface area contributed by atoms with E-state index in [1.54, 1.807) is 6.92 Å². The zero-order valence-corrected chi connectivity index (χ0v) is 14.2. The van der Waals surface area contributed by atoms with E-state index in [0.29, 0.717) is 24.8 Å². The summed E-state index contributed by atoms with van der Waals surface area (Å²) in [4.78, 5) is 18.4. The summed E-state index contributed by atoms with van der Waals surface area (Å²) in [6.45, 7) is 9.33. The van der Waals surface area contributed by atoms with E-state index in [1.165, 1.54) is 5.56 Å². The maximum absolute atomic E-state index is 12.2. The molecule has 2 aromatic rings. The van der Waals surface area contributed by atoms with E-state index in [4.69, 9.17) is 4.52 Å². The van der Waals surface area contributed by atoms with E-state index in [9.17, 15) is 4.79 Å². The minimum absolute atomic E-state index is 0.0138. The van der Waals surface area contributed by atoms with Crippen LogP contribution in [0.2, 0.25) is 0 Å². The van der Waals surface area contributed by atoms with Gasteiger partial charge in [0.05, 0.1) is 19.1 Å². The van der Waals surface area contributed by atoms with E-state index in [2.05, 4.69) is 27.6 Å². The summed E-state index contributed by atoms with van der Waals surface area (Å²) in [6, 6.07) is 8.17. The zero-order valence-electron chi connectivity index (χ0n) is 14.2. The smallest absolute Gasteiger partial charge is 0.234 e. The predicted molar refractivity (Wildman–Crippen MR) is 87.7 cm³/mol. The fourth-order valence-corrected chi connectivity index (χ4v) is 2.31. The molecule has 0 fully saturated rings. The van der Waals surface area contributed by atoms with Crippen LogP contribution in [0, 0.1) is 13.8 Å². The summed E-state index contributed by atoms with van der Waals surface area (Å²) in [5, 5.41) is 6.89. The van der Waals surface area contributed by atoms with Gasteiger partial charge in [-0.25, -0.2) is 0 Å². The third kappa shape index (κ3) is 5.17. The SMILES string of the molecule is CCN(CC(=O)NC(C)c1ccc(C)cc1)Cc1noc(C)n1. The number of aromatic nitrogens is 2. The second-order valence-electron chi connectivity index (χ2n) is 5.73. The summed E-state index contributed by atoms with van der Waals surface area (Å²) < 4.78 is 4.96. The first kappa shape index (κ1) is 17.1. The number of rotatable bonds is 7. The lowest BCUT2D eigenvalue weighted by Gasteiger charge is -2.20. The van der Waals surface area contributed by atoms with Crippen molar-refractivity contribution in [1.82, 2.24) is 20.4 Å². The molecule has 0 saturated heterocycles. The van der Waals surface area contributed by atoms with E-state index in [0.717, 1.165) is 12.1 Å². The first-order valence-electron chi connectivity index (χ1n) is 7.85. The van der Waals surface area contributed by atoms with Gasteiger partial charge in [0.1, 0.15) is 0 Å². The molecule has 0 bridgehead atoms. The Balaban J connectivity index is 1.87. The molecule has 1 atom stereocenters. The van der Waals surface area contributed by atoms with Crippen LogP contribution in [0.25, 0.3) is 0 Å². The van der Waals surface area contributed by atoms with Crippen LogP contribution in [0.3, 0.4) is 0 Å². The normalized spacial score (nSPS) is 12.4. The van der Waals surface area contributed by atoms with Crippen molar-refractivity contribution in [2.24, 2.45) is 0 Å². The molecule has 2 rings (SSSR count). The van der Waals surface area contributed by atoms with Crippen LogP contribution in [0.4, 0.5) is 0 Å². The molecule has 0 aliphatic heterocycles. The minimum atomic E-state index is -0.0192. The molecule has 6 nitrogen and oxygen atoms in total. The van der Waals surface area contributed by atoms with Gasteiger partial charge in [0.15, 0.2) is 5.82 Å². The lowest BCUT2D eigenvalue weighted by atomic mass is 10.1. The molecule has 0 aliphatic rings. The van der Waals surface area contributed by atoms with E-state index in [1.807, 2.05) is 37.8 Å². The quantitative estimate of drug-likeness (QED) is 0.849. The molecule has 1 unspecified atom stereocenters. The highest BCUT2D eigenvalue weighted by molar-refractivity contribution is 5.78. The largest absolute Gasteiger partial charge is 0.348 e. The standard InChI is InChI=1S/C17H24N4O2/c1-5-21(10-16-19-14(4)23-20-16)11-17(22)18-13(3)15-8-6-12(2)7-9-15/h6-9,13H,5,10-11H2,1-4H3,(H,18,22). The molecule has 1 heterocycles. The maximum atomic E-state index is 12.2. The minimum Gasteiger partial charge on any atom is -0.348 e. The van der Waals surface area contributed by atoms with Crippen molar-refractivity contribution < 1.29 is 9.32 Å². The number of hydrogen-bond acceptors (Lipinski definition) is 5. The number of nitrogens with one attached hydrogen (secondary N) is 1. The highest BCUT2D eigenvalue weighted by atomic mass is 16.5. The zero-order chi connectivity index (χ0) is 16.8. The Morgan fingerprint density at radius 3 is 2.57 bits per heavy atom. The Kier molecular flexibility index (Phi) is 5.87. The lowest BCUT2D eigenvalue weighted by molar-refractivity contribution is -0.123. The fourth-order valence-electron chi connectivity index (χ4n) is 2.31. The Labute approximate surface area is 136 Å². The van der Waals surface area contributed by atoms with Gasteiger partial charge in [-0.15, -0.1) is 0 Å². The summed E-state index contributed by atoms with van der Waals surface area (Å²) in [5.41, 5.74) is 2.31. The van der Waals surface area contributed by atoms with Crippen LogP contribution >= 0.6 is 0 Å². The first-order valence-corrected chi connectivity index (χ1v) is 7.85.